The predicted octanol–water partition coefficient (Wildman–Crippen LogP) is 3.16. The highest BCUT2D eigenvalue weighted by Crippen LogP contribution is 2.30. The van der Waals surface area contributed by atoms with Crippen LogP contribution in [0, 0.1) is 18.6 Å². The predicted molar refractivity (Wildman–Crippen MR) is 67.0 cm³/mol. The Bertz CT molecular complexity index is 805. The van der Waals surface area contributed by atoms with Crippen LogP contribution in [0.1, 0.15) is 5.56 Å². The van der Waals surface area contributed by atoms with Crippen molar-refractivity contribution in [2.45, 2.75) is 6.92 Å². The Morgan fingerprint density at radius 3 is 2.90 bits per heavy atom. The molecular formula is C12H7ClF2N4O. The lowest BCUT2D eigenvalue weighted by molar-refractivity contribution is 0.407. The lowest BCUT2D eigenvalue weighted by Gasteiger charge is -2.11. The van der Waals surface area contributed by atoms with Crippen molar-refractivity contribution in [3.8, 4) is 11.6 Å². The normalized spacial score (nSPS) is 11.0. The van der Waals surface area contributed by atoms with Gasteiger partial charge in [-0.2, -0.15) is 19.6 Å². The first-order valence-corrected chi connectivity index (χ1v) is 5.93. The van der Waals surface area contributed by atoms with Gasteiger partial charge in [-0.1, -0.05) is 11.6 Å². The summed E-state index contributed by atoms with van der Waals surface area (Å²) in [6.07, 6.45) is 1.26. The number of hydrogen-bond donors (Lipinski definition) is 0. The van der Waals surface area contributed by atoms with Crippen LogP contribution in [0.25, 0.3) is 5.78 Å². The van der Waals surface area contributed by atoms with E-state index in [0.29, 0.717) is 5.56 Å². The standard InChI is InChI=1S/C12H7ClF2N4O/c1-6-10(13)18-12-16-5-17-19(12)11(6)20-9-4-7(14)2-3-8(9)15/h2-5H,1H3. The lowest BCUT2D eigenvalue weighted by Crippen LogP contribution is -2.02. The maximum atomic E-state index is 13.6. The molecule has 0 spiro atoms. The van der Waals surface area contributed by atoms with E-state index in [9.17, 15) is 8.78 Å². The van der Waals surface area contributed by atoms with Gasteiger partial charge in [-0.3, -0.25) is 0 Å². The summed E-state index contributed by atoms with van der Waals surface area (Å²) in [5, 5.41) is 4.06. The summed E-state index contributed by atoms with van der Waals surface area (Å²) in [6, 6.07) is 2.91. The van der Waals surface area contributed by atoms with Crippen LogP contribution in [0.4, 0.5) is 8.78 Å². The Morgan fingerprint density at radius 2 is 2.10 bits per heavy atom. The van der Waals surface area contributed by atoms with Gasteiger partial charge < -0.3 is 4.74 Å². The second-order valence-corrected chi connectivity index (χ2v) is 4.34. The fourth-order valence-corrected chi connectivity index (χ4v) is 1.81. The van der Waals surface area contributed by atoms with Crippen molar-refractivity contribution in [1.82, 2.24) is 19.6 Å². The third kappa shape index (κ3) is 2.05. The van der Waals surface area contributed by atoms with E-state index in [-0.39, 0.29) is 22.6 Å². The van der Waals surface area contributed by atoms with Crippen molar-refractivity contribution in [1.29, 1.82) is 0 Å². The Morgan fingerprint density at radius 1 is 1.30 bits per heavy atom. The van der Waals surface area contributed by atoms with Gasteiger partial charge in [0.25, 0.3) is 5.78 Å². The molecule has 102 valence electrons. The Labute approximate surface area is 116 Å². The van der Waals surface area contributed by atoms with E-state index in [2.05, 4.69) is 15.1 Å². The summed E-state index contributed by atoms with van der Waals surface area (Å²) < 4.78 is 33.4. The molecule has 20 heavy (non-hydrogen) atoms. The molecule has 3 aromatic rings. The summed E-state index contributed by atoms with van der Waals surface area (Å²) in [5.74, 6) is -1.26. The molecule has 0 saturated heterocycles. The minimum absolute atomic E-state index is 0.127. The van der Waals surface area contributed by atoms with Crippen molar-refractivity contribution in [2.75, 3.05) is 0 Å². The highest BCUT2D eigenvalue weighted by atomic mass is 35.5. The number of benzene rings is 1. The lowest BCUT2D eigenvalue weighted by atomic mass is 10.3. The smallest absolute Gasteiger partial charge is 0.256 e. The van der Waals surface area contributed by atoms with Crippen LogP contribution < -0.4 is 4.74 Å². The highest BCUT2D eigenvalue weighted by molar-refractivity contribution is 6.30. The largest absolute Gasteiger partial charge is 0.435 e. The molecule has 0 amide bonds. The third-order valence-electron chi connectivity index (χ3n) is 2.65. The minimum Gasteiger partial charge on any atom is -0.435 e. The molecule has 0 aliphatic carbocycles. The van der Waals surface area contributed by atoms with Gasteiger partial charge in [-0.05, 0) is 19.1 Å². The summed E-state index contributed by atoms with van der Waals surface area (Å²) in [5.41, 5.74) is 0.438. The van der Waals surface area contributed by atoms with E-state index in [1.807, 2.05) is 0 Å². The van der Waals surface area contributed by atoms with Crippen LogP contribution in [0.2, 0.25) is 5.15 Å². The van der Waals surface area contributed by atoms with Crippen LogP contribution in [-0.2, 0) is 0 Å². The van der Waals surface area contributed by atoms with Crippen molar-refractivity contribution in [3.63, 3.8) is 0 Å². The summed E-state index contributed by atoms with van der Waals surface area (Å²) in [7, 11) is 0. The van der Waals surface area contributed by atoms with Crippen LogP contribution in [0.5, 0.6) is 11.6 Å². The molecule has 0 unspecified atom stereocenters. The number of fused-ring (bicyclic) bond motifs is 1. The van der Waals surface area contributed by atoms with E-state index in [1.165, 1.54) is 10.8 Å². The van der Waals surface area contributed by atoms with Gasteiger partial charge in [0.05, 0.1) is 0 Å². The molecule has 0 atom stereocenters. The Hall–Kier alpha value is -2.28. The molecule has 8 heteroatoms. The molecule has 2 aromatic heterocycles. The highest BCUT2D eigenvalue weighted by Gasteiger charge is 2.16. The molecule has 0 bridgehead atoms. The first-order valence-electron chi connectivity index (χ1n) is 5.55. The molecule has 1 aromatic carbocycles. The van der Waals surface area contributed by atoms with E-state index in [1.54, 1.807) is 6.92 Å². The maximum absolute atomic E-state index is 13.6. The third-order valence-corrected chi connectivity index (χ3v) is 3.02. The second kappa shape index (κ2) is 4.68. The molecule has 0 aliphatic heterocycles. The number of hydrogen-bond acceptors (Lipinski definition) is 4. The van der Waals surface area contributed by atoms with Gasteiger partial charge in [-0.25, -0.2) is 8.78 Å². The van der Waals surface area contributed by atoms with Crippen molar-refractivity contribution >= 4 is 17.4 Å². The zero-order chi connectivity index (χ0) is 14.3. The average Bonchev–Trinajstić information content (AvgIpc) is 2.86. The Kier molecular flexibility index (Phi) is 2.98. The topological polar surface area (TPSA) is 52.3 Å². The van der Waals surface area contributed by atoms with Crippen LogP contribution >= 0.6 is 11.6 Å². The van der Waals surface area contributed by atoms with Crippen LogP contribution in [0.3, 0.4) is 0 Å². The molecule has 0 radical (unpaired) electrons. The van der Waals surface area contributed by atoms with E-state index >= 15 is 0 Å². The Balaban J connectivity index is 2.17. The van der Waals surface area contributed by atoms with Crippen LogP contribution in [0.15, 0.2) is 24.5 Å². The first kappa shape index (κ1) is 12.7. The maximum Gasteiger partial charge on any atom is 0.256 e. The number of ether oxygens (including phenoxy) is 1. The molecule has 3 rings (SSSR count). The monoisotopic (exact) mass is 296 g/mol. The molecular weight excluding hydrogens is 290 g/mol. The summed E-state index contributed by atoms with van der Waals surface area (Å²) in [4.78, 5) is 7.86. The number of halogens is 3. The van der Waals surface area contributed by atoms with Gasteiger partial charge >= 0.3 is 0 Å². The molecule has 2 heterocycles. The quantitative estimate of drug-likeness (QED) is 0.682. The number of rotatable bonds is 2. The van der Waals surface area contributed by atoms with E-state index < -0.39 is 11.6 Å². The summed E-state index contributed by atoms with van der Waals surface area (Å²) in [6.45, 7) is 1.63. The van der Waals surface area contributed by atoms with Gasteiger partial charge in [0, 0.05) is 11.6 Å². The van der Waals surface area contributed by atoms with Crippen molar-refractivity contribution in [3.05, 3.63) is 46.9 Å². The average molecular weight is 297 g/mol. The SMILES string of the molecule is Cc1c(Cl)nc2ncnn2c1Oc1cc(F)ccc1F. The fraction of sp³-hybridized carbons (Fsp3) is 0.0833. The minimum atomic E-state index is -0.702. The van der Waals surface area contributed by atoms with E-state index in [0.717, 1.165) is 18.2 Å². The zero-order valence-corrected chi connectivity index (χ0v) is 10.9. The fourth-order valence-electron chi connectivity index (χ4n) is 1.65. The second-order valence-electron chi connectivity index (χ2n) is 3.98. The first-order chi connectivity index (χ1) is 9.56. The summed E-state index contributed by atoms with van der Waals surface area (Å²) >= 11 is 5.95. The molecule has 0 fully saturated rings. The molecule has 5 nitrogen and oxygen atoms in total. The van der Waals surface area contributed by atoms with Gasteiger partial charge in [0.2, 0.25) is 5.88 Å². The number of aromatic nitrogens is 4. The van der Waals surface area contributed by atoms with Crippen molar-refractivity contribution < 1.29 is 13.5 Å². The molecule has 0 saturated carbocycles. The van der Waals surface area contributed by atoms with Gasteiger partial charge in [0.15, 0.2) is 11.6 Å². The molecule has 0 N–H and O–H groups in total. The van der Waals surface area contributed by atoms with Crippen LogP contribution in [-0.4, -0.2) is 19.6 Å². The van der Waals surface area contributed by atoms with Gasteiger partial charge in [-0.15, -0.1) is 0 Å². The molecule has 0 aliphatic rings. The van der Waals surface area contributed by atoms with E-state index in [4.69, 9.17) is 16.3 Å². The number of nitrogens with zero attached hydrogens (tertiary/aromatic N) is 4. The van der Waals surface area contributed by atoms with Crippen molar-refractivity contribution in [2.24, 2.45) is 0 Å². The zero-order valence-electron chi connectivity index (χ0n) is 10.1. The van der Waals surface area contributed by atoms with Gasteiger partial charge in [0.1, 0.15) is 17.3 Å².